The van der Waals surface area contributed by atoms with Crippen molar-refractivity contribution in [2.75, 3.05) is 19.8 Å². The summed E-state index contributed by atoms with van der Waals surface area (Å²) in [6, 6.07) is 13.0. The largest absolute Gasteiger partial charge is 0.494 e. The predicted octanol–water partition coefficient (Wildman–Crippen LogP) is 6.35. The lowest BCUT2D eigenvalue weighted by atomic mass is 10.1. The van der Waals surface area contributed by atoms with Crippen LogP contribution in [0.25, 0.3) is 0 Å². The van der Waals surface area contributed by atoms with E-state index in [0.29, 0.717) is 23.5 Å². The van der Waals surface area contributed by atoms with E-state index in [1.165, 1.54) is 82.1 Å². The second-order valence-electron chi connectivity index (χ2n) is 8.33. The summed E-state index contributed by atoms with van der Waals surface area (Å²) in [6.45, 7) is 2.63. The summed E-state index contributed by atoms with van der Waals surface area (Å²) in [5.74, 6) is 0.0281. The minimum Gasteiger partial charge on any atom is -0.494 e. The molecule has 0 atom stereocenters. The highest BCUT2D eigenvalue weighted by atomic mass is 16.5. The van der Waals surface area contributed by atoms with Gasteiger partial charge in [0.2, 0.25) is 0 Å². The van der Waals surface area contributed by atoms with Gasteiger partial charge in [0.25, 0.3) is 0 Å². The highest BCUT2D eigenvalue weighted by molar-refractivity contribution is 5.92. The summed E-state index contributed by atoms with van der Waals surface area (Å²) in [5, 5.41) is 8.70. The molecule has 6 nitrogen and oxygen atoms in total. The van der Waals surface area contributed by atoms with Gasteiger partial charge in [-0.3, -0.25) is 0 Å². The normalized spacial score (nSPS) is 10.6. The summed E-state index contributed by atoms with van der Waals surface area (Å²) in [6.07, 6.45) is 12.9. The first-order valence-electron chi connectivity index (χ1n) is 12.5. The zero-order valence-corrected chi connectivity index (χ0v) is 20.3. The maximum absolute atomic E-state index is 12.4. The molecule has 0 aromatic heterocycles. The molecular formula is C28H38O6. The number of carbonyl (C=O) groups excluding carboxylic acids is 2. The van der Waals surface area contributed by atoms with Gasteiger partial charge in [0.15, 0.2) is 0 Å². The lowest BCUT2D eigenvalue weighted by Crippen LogP contribution is -2.10. The molecule has 0 fully saturated rings. The van der Waals surface area contributed by atoms with Gasteiger partial charge in [-0.2, -0.15) is 0 Å². The minimum absolute atomic E-state index is 0.0610. The molecule has 2 aromatic rings. The number of aliphatic hydroxyl groups is 1. The van der Waals surface area contributed by atoms with Gasteiger partial charge < -0.3 is 19.3 Å². The van der Waals surface area contributed by atoms with Crippen LogP contribution in [0.5, 0.6) is 11.5 Å². The Morgan fingerprint density at radius 3 is 1.71 bits per heavy atom. The van der Waals surface area contributed by atoms with Crippen molar-refractivity contribution in [3.05, 3.63) is 59.7 Å². The molecule has 34 heavy (non-hydrogen) atoms. The Morgan fingerprint density at radius 2 is 1.15 bits per heavy atom. The van der Waals surface area contributed by atoms with Crippen molar-refractivity contribution in [3.63, 3.8) is 0 Å². The third-order valence-corrected chi connectivity index (χ3v) is 5.48. The van der Waals surface area contributed by atoms with Gasteiger partial charge in [-0.25, -0.2) is 9.59 Å². The van der Waals surface area contributed by atoms with Crippen LogP contribution < -0.4 is 9.47 Å². The molecule has 6 heteroatoms. The Balaban J connectivity index is 1.63. The molecule has 0 amide bonds. The zero-order chi connectivity index (χ0) is 24.4. The first-order valence-corrected chi connectivity index (χ1v) is 12.5. The molecule has 0 saturated heterocycles. The molecule has 0 bridgehead atoms. The summed E-state index contributed by atoms with van der Waals surface area (Å²) < 4.78 is 16.0. The van der Waals surface area contributed by atoms with E-state index in [-0.39, 0.29) is 13.2 Å². The molecule has 0 spiro atoms. The third kappa shape index (κ3) is 10.8. The van der Waals surface area contributed by atoms with Gasteiger partial charge in [0, 0.05) is 0 Å². The summed E-state index contributed by atoms with van der Waals surface area (Å²) in [5.41, 5.74) is 0.731. The van der Waals surface area contributed by atoms with Crippen molar-refractivity contribution in [1.29, 1.82) is 0 Å². The van der Waals surface area contributed by atoms with E-state index in [4.69, 9.17) is 19.3 Å². The van der Waals surface area contributed by atoms with Crippen molar-refractivity contribution in [2.45, 2.75) is 71.1 Å². The number of esters is 2. The fourth-order valence-corrected chi connectivity index (χ4v) is 3.51. The number of hydrogen-bond donors (Lipinski definition) is 1. The van der Waals surface area contributed by atoms with Crippen LogP contribution in [0.15, 0.2) is 48.5 Å². The first kappa shape index (κ1) is 27.4. The fraction of sp³-hybridized carbons (Fsp3) is 0.500. The van der Waals surface area contributed by atoms with Gasteiger partial charge in [-0.15, -0.1) is 0 Å². The molecule has 0 heterocycles. The Kier molecular flexibility index (Phi) is 13.5. The second kappa shape index (κ2) is 16.7. The quantitative estimate of drug-likeness (QED) is 0.165. The van der Waals surface area contributed by atoms with Gasteiger partial charge in [0.1, 0.15) is 18.1 Å². The maximum atomic E-state index is 12.4. The third-order valence-electron chi connectivity index (χ3n) is 5.48. The van der Waals surface area contributed by atoms with Crippen molar-refractivity contribution in [3.8, 4) is 11.5 Å². The topological polar surface area (TPSA) is 82.1 Å². The fourth-order valence-electron chi connectivity index (χ4n) is 3.51. The lowest BCUT2D eigenvalue weighted by Gasteiger charge is -2.08. The van der Waals surface area contributed by atoms with Gasteiger partial charge >= 0.3 is 11.9 Å². The van der Waals surface area contributed by atoms with E-state index < -0.39 is 11.9 Å². The number of ether oxygens (including phenoxy) is 3. The minimum atomic E-state index is -0.541. The molecule has 0 aliphatic carbocycles. The lowest BCUT2D eigenvalue weighted by molar-refractivity contribution is 0.0433. The average Bonchev–Trinajstić information content (AvgIpc) is 2.86. The van der Waals surface area contributed by atoms with E-state index >= 15 is 0 Å². The van der Waals surface area contributed by atoms with Gasteiger partial charge in [0.05, 0.1) is 24.3 Å². The summed E-state index contributed by atoms with van der Waals surface area (Å²) in [4.78, 5) is 24.1. The first-order chi connectivity index (χ1) is 16.6. The van der Waals surface area contributed by atoms with Crippen LogP contribution in [0.1, 0.15) is 91.8 Å². The molecule has 0 unspecified atom stereocenters. The van der Waals surface area contributed by atoms with Crippen LogP contribution in [0, 0.1) is 0 Å². The molecule has 0 aliphatic rings. The molecule has 2 rings (SSSR count). The zero-order valence-electron chi connectivity index (χ0n) is 20.3. The Bertz CT molecular complexity index is 829. The summed E-state index contributed by atoms with van der Waals surface area (Å²) >= 11 is 0. The second-order valence-corrected chi connectivity index (χ2v) is 8.33. The smallest absolute Gasteiger partial charge is 0.343 e. The number of hydrogen-bond acceptors (Lipinski definition) is 6. The molecule has 0 radical (unpaired) electrons. The molecule has 1 N–H and O–H groups in total. The van der Waals surface area contributed by atoms with Crippen molar-refractivity contribution >= 4 is 11.9 Å². The van der Waals surface area contributed by atoms with Crippen LogP contribution in [-0.2, 0) is 4.74 Å². The number of carbonyl (C=O) groups is 2. The van der Waals surface area contributed by atoms with Crippen molar-refractivity contribution in [2.24, 2.45) is 0 Å². The number of aliphatic hydroxyl groups excluding tert-OH is 1. The van der Waals surface area contributed by atoms with Crippen LogP contribution in [0.2, 0.25) is 0 Å². The monoisotopic (exact) mass is 470 g/mol. The maximum Gasteiger partial charge on any atom is 0.343 e. The predicted molar refractivity (Wildman–Crippen MR) is 133 cm³/mol. The number of benzene rings is 2. The molecule has 186 valence electrons. The Hall–Kier alpha value is -2.86. The van der Waals surface area contributed by atoms with E-state index in [0.717, 1.165) is 12.2 Å². The van der Waals surface area contributed by atoms with Gasteiger partial charge in [-0.05, 0) is 55.0 Å². The van der Waals surface area contributed by atoms with Crippen molar-refractivity contribution in [1.82, 2.24) is 0 Å². The SMILES string of the molecule is CCCCCCCCCCCCOc1ccc(C(=O)Oc2ccc(C(=O)OCCO)cc2)cc1. The van der Waals surface area contributed by atoms with Crippen LogP contribution in [0.4, 0.5) is 0 Å². The summed E-state index contributed by atoms with van der Waals surface area (Å²) in [7, 11) is 0. The highest BCUT2D eigenvalue weighted by Crippen LogP contribution is 2.18. The molecule has 0 saturated carbocycles. The highest BCUT2D eigenvalue weighted by Gasteiger charge is 2.11. The molecule has 0 aliphatic heterocycles. The Labute approximate surface area is 203 Å². The molecular weight excluding hydrogens is 432 g/mol. The standard InChI is InChI=1S/C28H38O6/c1-2-3-4-5-6-7-8-9-10-11-21-32-25-16-12-24(13-17-25)28(31)34-26-18-14-23(15-19-26)27(30)33-22-20-29/h12-19,29H,2-11,20-22H2,1H3. The van der Waals surface area contributed by atoms with Gasteiger partial charge in [-0.1, -0.05) is 64.7 Å². The number of unbranched alkanes of at least 4 members (excludes halogenated alkanes) is 9. The van der Waals surface area contributed by atoms with Crippen LogP contribution >= 0.6 is 0 Å². The average molecular weight is 471 g/mol. The molecule has 2 aromatic carbocycles. The van der Waals surface area contributed by atoms with Crippen LogP contribution in [0.3, 0.4) is 0 Å². The van der Waals surface area contributed by atoms with E-state index in [2.05, 4.69) is 6.92 Å². The van der Waals surface area contributed by atoms with Crippen LogP contribution in [-0.4, -0.2) is 36.9 Å². The Morgan fingerprint density at radius 1 is 0.647 bits per heavy atom. The van der Waals surface area contributed by atoms with E-state index in [9.17, 15) is 9.59 Å². The number of rotatable bonds is 17. The van der Waals surface area contributed by atoms with E-state index in [1.807, 2.05) is 0 Å². The van der Waals surface area contributed by atoms with Crippen molar-refractivity contribution < 1.29 is 28.9 Å². The van der Waals surface area contributed by atoms with E-state index in [1.54, 1.807) is 24.3 Å².